The molecule has 0 spiro atoms. The highest BCUT2D eigenvalue weighted by Crippen LogP contribution is 2.08. The van der Waals surface area contributed by atoms with Crippen molar-refractivity contribution in [2.75, 3.05) is 27.2 Å². The average Bonchev–Trinajstić information content (AvgIpc) is 2.44. The number of Topliss-reactive ketones (excluding diaryl/α,β-unsaturated/α-hetero) is 1. The van der Waals surface area contributed by atoms with E-state index in [1.54, 1.807) is 0 Å². The highest BCUT2D eigenvalue weighted by molar-refractivity contribution is 5.96. The van der Waals surface area contributed by atoms with E-state index in [1.165, 1.54) is 24.3 Å². The summed E-state index contributed by atoms with van der Waals surface area (Å²) >= 11 is 0. The van der Waals surface area contributed by atoms with Gasteiger partial charge in [-0.15, -0.1) is 0 Å². The summed E-state index contributed by atoms with van der Waals surface area (Å²) in [4.78, 5) is 25.4. The number of carbonyl (C=O) groups is 2. The summed E-state index contributed by atoms with van der Waals surface area (Å²) in [5.41, 5.74) is 0.489. The Hall–Kier alpha value is -1.75. The number of nitrogens with zero attached hydrogens (tertiary/aromatic N) is 1. The van der Waals surface area contributed by atoms with E-state index in [2.05, 4.69) is 10.2 Å². The monoisotopic (exact) mass is 294 g/mol. The molecular formula is C16H23FN2O2. The van der Waals surface area contributed by atoms with E-state index in [4.69, 9.17) is 0 Å². The molecule has 0 fully saturated rings. The molecule has 1 amide bonds. The van der Waals surface area contributed by atoms with Crippen molar-refractivity contribution >= 4 is 11.7 Å². The van der Waals surface area contributed by atoms with Gasteiger partial charge in [0, 0.05) is 24.9 Å². The average molecular weight is 294 g/mol. The zero-order valence-corrected chi connectivity index (χ0v) is 12.7. The number of hydrogen-bond donors (Lipinski definition) is 1. The number of hydrogen-bond acceptors (Lipinski definition) is 3. The molecule has 0 bridgehead atoms. The predicted molar refractivity (Wildman–Crippen MR) is 80.8 cm³/mol. The van der Waals surface area contributed by atoms with E-state index in [-0.39, 0.29) is 17.5 Å². The lowest BCUT2D eigenvalue weighted by Crippen LogP contribution is -2.26. The van der Waals surface area contributed by atoms with Gasteiger partial charge < -0.3 is 10.2 Å². The Kier molecular flexibility index (Phi) is 7.61. The Morgan fingerprint density at radius 1 is 1.10 bits per heavy atom. The van der Waals surface area contributed by atoms with Gasteiger partial charge in [-0.3, -0.25) is 9.59 Å². The fourth-order valence-corrected chi connectivity index (χ4v) is 1.90. The molecular weight excluding hydrogens is 271 g/mol. The van der Waals surface area contributed by atoms with Crippen LogP contribution in [0.4, 0.5) is 4.39 Å². The minimum Gasteiger partial charge on any atom is -0.356 e. The van der Waals surface area contributed by atoms with Crippen molar-refractivity contribution in [2.24, 2.45) is 0 Å². The van der Waals surface area contributed by atoms with Crippen LogP contribution in [0.3, 0.4) is 0 Å². The number of benzene rings is 1. The summed E-state index contributed by atoms with van der Waals surface area (Å²) in [5, 5.41) is 2.83. The van der Waals surface area contributed by atoms with Crippen LogP contribution in [0.5, 0.6) is 0 Å². The molecule has 0 aliphatic rings. The standard InChI is InChI=1S/C16H23FN2O2/c1-19(2)12-4-11-18-16(21)6-3-5-15(20)13-7-9-14(17)10-8-13/h7-10H,3-6,11-12H2,1-2H3,(H,18,21). The summed E-state index contributed by atoms with van der Waals surface area (Å²) in [5.74, 6) is -0.445. The molecule has 0 saturated carbocycles. The molecule has 21 heavy (non-hydrogen) atoms. The second-order valence-electron chi connectivity index (χ2n) is 5.29. The van der Waals surface area contributed by atoms with E-state index < -0.39 is 0 Å². The number of ketones is 1. The summed E-state index contributed by atoms with van der Waals surface area (Å²) in [6.07, 6.45) is 2.06. The third-order valence-electron chi connectivity index (χ3n) is 3.08. The smallest absolute Gasteiger partial charge is 0.220 e. The molecule has 4 nitrogen and oxygen atoms in total. The summed E-state index contributed by atoms with van der Waals surface area (Å²) < 4.78 is 12.7. The molecule has 0 radical (unpaired) electrons. The van der Waals surface area contributed by atoms with Crippen LogP contribution in [0.1, 0.15) is 36.0 Å². The lowest BCUT2D eigenvalue weighted by atomic mass is 10.1. The van der Waals surface area contributed by atoms with Crippen LogP contribution in [-0.2, 0) is 4.79 Å². The van der Waals surface area contributed by atoms with Gasteiger partial charge in [-0.1, -0.05) is 0 Å². The summed E-state index contributed by atoms with van der Waals surface area (Å²) in [6.45, 7) is 1.59. The Bertz CT molecular complexity index is 458. The second-order valence-corrected chi connectivity index (χ2v) is 5.29. The predicted octanol–water partition coefficient (Wildman–Crippen LogP) is 2.25. The number of amides is 1. The molecule has 0 atom stereocenters. The fourth-order valence-electron chi connectivity index (χ4n) is 1.90. The van der Waals surface area contributed by atoms with Crippen LogP contribution < -0.4 is 5.32 Å². The first kappa shape index (κ1) is 17.3. The van der Waals surface area contributed by atoms with Crippen LogP contribution in [0.25, 0.3) is 0 Å². The number of nitrogens with one attached hydrogen (secondary N) is 1. The normalized spacial score (nSPS) is 10.7. The van der Waals surface area contributed by atoms with E-state index in [9.17, 15) is 14.0 Å². The van der Waals surface area contributed by atoms with E-state index in [0.717, 1.165) is 13.0 Å². The number of carbonyl (C=O) groups excluding carboxylic acids is 2. The SMILES string of the molecule is CN(C)CCCNC(=O)CCCC(=O)c1ccc(F)cc1. The van der Waals surface area contributed by atoms with Gasteiger partial charge in [0.15, 0.2) is 5.78 Å². The van der Waals surface area contributed by atoms with E-state index in [1.807, 2.05) is 14.1 Å². The van der Waals surface area contributed by atoms with E-state index >= 15 is 0 Å². The largest absolute Gasteiger partial charge is 0.356 e. The fraction of sp³-hybridized carbons (Fsp3) is 0.500. The molecule has 0 saturated heterocycles. The van der Waals surface area contributed by atoms with Gasteiger partial charge in [0.25, 0.3) is 0 Å². The maximum atomic E-state index is 12.7. The van der Waals surface area contributed by atoms with Crippen molar-refractivity contribution in [2.45, 2.75) is 25.7 Å². The molecule has 1 aromatic rings. The molecule has 116 valence electrons. The lowest BCUT2D eigenvalue weighted by molar-refractivity contribution is -0.121. The molecule has 5 heteroatoms. The molecule has 1 rings (SSSR count). The third-order valence-corrected chi connectivity index (χ3v) is 3.08. The first-order valence-electron chi connectivity index (χ1n) is 7.19. The van der Waals surface area contributed by atoms with Crippen LogP contribution in [-0.4, -0.2) is 43.8 Å². The third kappa shape index (κ3) is 7.56. The highest BCUT2D eigenvalue weighted by Gasteiger charge is 2.07. The van der Waals surface area contributed by atoms with Crippen LogP contribution in [0.2, 0.25) is 0 Å². The van der Waals surface area contributed by atoms with Crippen molar-refractivity contribution in [1.29, 1.82) is 0 Å². The number of rotatable bonds is 9. The van der Waals surface area contributed by atoms with E-state index in [0.29, 0.717) is 31.4 Å². The van der Waals surface area contributed by atoms with Crippen LogP contribution in [0.15, 0.2) is 24.3 Å². The lowest BCUT2D eigenvalue weighted by Gasteiger charge is -2.09. The topological polar surface area (TPSA) is 49.4 Å². The maximum Gasteiger partial charge on any atom is 0.220 e. The van der Waals surface area contributed by atoms with Crippen molar-refractivity contribution < 1.29 is 14.0 Å². The quantitative estimate of drug-likeness (QED) is 0.561. The van der Waals surface area contributed by atoms with Gasteiger partial charge in [-0.05, 0) is 57.7 Å². The van der Waals surface area contributed by atoms with Crippen molar-refractivity contribution in [3.8, 4) is 0 Å². The molecule has 1 aromatic carbocycles. The van der Waals surface area contributed by atoms with Crippen molar-refractivity contribution in [3.63, 3.8) is 0 Å². The Morgan fingerprint density at radius 2 is 1.76 bits per heavy atom. The maximum absolute atomic E-state index is 12.7. The first-order valence-corrected chi connectivity index (χ1v) is 7.19. The summed E-state index contributed by atoms with van der Waals surface area (Å²) in [6, 6.07) is 5.48. The minimum absolute atomic E-state index is 0.0272. The van der Waals surface area contributed by atoms with Crippen molar-refractivity contribution in [3.05, 3.63) is 35.6 Å². The van der Waals surface area contributed by atoms with Gasteiger partial charge in [-0.25, -0.2) is 4.39 Å². The van der Waals surface area contributed by atoms with Gasteiger partial charge in [-0.2, -0.15) is 0 Å². The molecule has 0 heterocycles. The van der Waals surface area contributed by atoms with Gasteiger partial charge in [0.1, 0.15) is 5.82 Å². The molecule has 0 unspecified atom stereocenters. The minimum atomic E-state index is -0.358. The van der Waals surface area contributed by atoms with Gasteiger partial charge >= 0.3 is 0 Å². The second kappa shape index (κ2) is 9.23. The van der Waals surface area contributed by atoms with Gasteiger partial charge in [0.05, 0.1) is 0 Å². The van der Waals surface area contributed by atoms with Gasteiger partial charge in [0.2, 0.25) is 5.91 Å². The number of halogens is 1. The summed E-state index contributed by atoms with van der Waals surface area (Å²) in [7, 11) is 3.98. The molecule has 1 N–H and O–H groups in total. The first-order chi connectivity index (χ1) is 9.99. The molecule has 0 aromatic heterocycles. The Labute approximate surface area is 125 Å². The Balaban J connectivity index is 2.16. The van der Waals surface area contributed by atoms with Crippen LogP contribution in [0, 0.1) is 5.82 Å². The highest BCUT2D eigenvalue weighted by atomic mass is 19.1. The molecule has 0 aliphatic heterocycles. The Morgan fingerprint density at radius 3 is 2.38 bits per heavy atom. The van der Waals surface area contributed by atoms with Crippen molar-refractivity contribution in [1.82, 2.24) is 10.2 Å². The molecule has 0 aliphatic carbocycles. The van der Waals surface area contributed by atoms with Crippen LogP contribution >= 0.6 is 0 Å². The zero-order chi connectivity index (χ0) is 15.7. The zero-order valence-electron chi connectivity index (χ0n) is 12.7.